The fourth-order valence-electron chi connectivity index (χ4n) is 3.88. The number of benzene rings is 1. The van der Waals surface area contributed by atoms with Crippen LogP contribution >= 0.6 is 0 Å². The fourth-order valence-corrected chi connectivity index (χ4v) is 3.88. The topological polar surface area (TPSA) is 9.86 Å². The van der Waals surface area contributed by atoms with E-state index in [2.05, 4.69) is 0 Å². The van der Waals surface area contributed by atoms with E-state index < -0.39 is 0 Å². The molecule has 1 aromatic heterocycles. The van der Waals surface area contributed by atoms with Crippen LogP contribution in [-0.2, 0) is 0 Å². The van der Waals surface area contributed by atoms with Crippen molar-refractivity contribution < 1.29 is 8.96 Å². The average Bonchev–Trinajstić information content (AvgIpc) is 2.99. The summed E-state index contributed by atoms with van der Waals surface area (Å²) in [4.78, 5) is 1.23. The summed E-state index contributed by atoms with van der Waals surface area (Å²) in [6, 6.07) is 9.82. The Bertz CT molecular complexity index is 1060. The Hall–Kier alpha value is -2.43. The van der Waals surface area contributed by atoms with Crippen LogP contribution in [0.1, 0.15) is 22.3 Å². The second-order valence-corrected chi connectivity index (χ2v) is 6.43. The Morgan fingerprint density at radius 3 is 2.12 bits per heavy atom. The van der Waals surface area contributed by atoms with E-state index in [4.69, 9.17) is 0 Å². The van der Waals surface area contributed by atoms with Crippen LogP contribution in [0.2, 0.25) is 0 Å². The molecule has 0 saturated carbocycles. The van der Waals surface area contributed by atoms with Crippen molar-refractivity contribution in [3.8, 4) is 22.4 Å². The van der Waals surface area contributed by atoms with Gasteiger partial charge in [-0.2, -0.15) is 0 Å². The van der Waals surface area contributed by atoms with Gasteiger partial charge in [-0.3, -0.25) is 0 Å². The van der Waals surface area contributed by atoms with Crippen molar-refractivity contribution in [3.05, 3.63) is 52.6 Å². The molecule has 0 aliphatic carbocycles. The van der Waals surface area contributed by atoms with Crippen LogP contribution in [0.4, 0.5) is 8.96 Å². The van der Waals surface area contributed by atoms with Gasteiger partial charge in [0.05, 0.1) is 0 Å². The first kappa shape index (κ1) is 15.1. The van der Waals surface area contributed by atoms with E-state index in [1.165, 1.54) is 0 Å². The third-order valence-electron chi connectivity index (χ3n) is 4.92. The summed E-state index contributed by atoms with van der Waals surface area (Å²) < 4.78 is 29.7. The van der Waals surface area contributed by atoms with Crippen LogP contribution in [0.3, 0.4) is 0 Å². The second-order valence-electron chi connectivity index (χ2n) is 6.43. The van der Waals surface area contributed by atoms with Gasteiger partial charge >= 0.3 is 139 Å². The maximum absolute atomic E-state index is 15.2. The molecule has 2 aliphatic rings. The molecule has 120 valence electrons. The van der Waals surface area contributed by atoms with Crippen molar-refractivity contribution in [2.24, 2.45) is 0 Å². The first-order chi connectivity index (χ1) is 11.4. The van der Waals surface area contributed by atoms with E-state index in [-0.39, 0.29) is 5.69 Å². The monoisotopic (exact) mass is 322 g/mol. The van der Waals surface area contributed by atoms with Gasteiger partial charge in [-0.05, 0) is 0 Å². The molecule has 24 heavy (non-hydrogen) atoms. The predicted molar refractivity (Wildman–Crippen MR) is 95.3 cm³/mol. The Morgan fingerprint density at radius 1 is 0.792 bits per heavy atom. The second kappa shape index (κ2) is 5.03. The van der Waals surface area contributed by atoms with Crippen LogP contribution in [0.25, 0.3) is 33.3 Å². The molecular weight excluding hydrogens is 305 g/mol. The van der Waals surface area contributed by atoms with Crippen molar-refractivity contribution in [2.75, 3.05) is 0 Å². The van der Waals surface area contributed by atoms with Crippen molar-refractivity contribution in [3.63, 3.8) is 0 Å². The molecule has 3 heterocycles. The van der Waals surface area contributed by atoms with Gasteiger partial charge < -0.3 is 0 Å². The summed E-state index contributed by atoms with van der Waals surface area (Å²) in [5.74, 6) is 0. The van der Waals surface area contributed by atoms with E-state index in [1.54, 1.807) is 13.8 Å². The third kappa shape index (κ3) is 1.78. The van der Waals surface area contributed by atoms with Gasteiger partial charge in [-0.1, -0.05) is 0 Å². The zero-order valence-electron chi connectivity index (χ0n) is 14.1. The number of aryl methyl sites for hydroxylation is 4. The van der Waals surface area contributed by atoms with Crippen LogP contribution in [0, 0.1) is 27.7 Å². The number of fused-ring (bicyclic) bond motifs is 2. The molecular formula is C19H17BF2N2. The minimum atomic E-state index is 0.280. The first-order valence-corrected chi connectivity index (χ1v) is 7.97. The molecule has 0 amide bonds. The van der Waals surface area contributed by atoms with Crippen LogP contribution < -0.4 is 0 Å². The maximum atomic E-state index is 15.2. The van der Waals surface area contributed by atoms with E-state index in [0.29, 0.717) is 31.9 Å². The van der Waals surface area contributed by atoms with Gasteiger partial charge in [0.25, 0.3) is 0 Å². The van der Waals surface area contributed by atoms with E-state index in [0.717, 1.165) is 27.6 Å². The number of hydrogen-bond acceptors (Lipinski definition) is 0. The Kier molecular flexibility index (Phi) is 3.17. The predicted octanol–water partition coefficient (Wildman–Crippen LogP) is 5.25. The van der Waals surface area contributed by atoms with Crippen molar-refractivity contribution in [1.82, 2.24) is 9.58 Å². The molecule has 0 unspecified atom stereocenters. The van der Waals surface area contributed by atoms with Crippen molar-refractivity contribution in [1.29, 1.82) is 0 Å². The van der Waals surface area contributed by atoms with E-state index >= 15 is 4.48 Å². The number of nitrogens with zero attached hydrogens (tertiary/aromatic N) is 2. The zero-order valence-corrected chi connectivity index (χ0v) is 14.1. The number of halogens is 2. The van der Waals surface area contributed by atoms with Crippen LogP contribution in [0.5, 0.6) is 0 Å². The molecule has 2 nitrogen and oxygen atoms in total. The minimum absolute atomic E-state index is 0.280. The van der Waals surface area contributed by atoms with Crippen LogP contribution in [-0.4, -0.2) is 16.5 Å². The van der Waals surface area contributed by atoms with E-state index in [9.17, 15) is 4.48 Å². The third-order valence-corrected chi connectivity index (χ3v) is 4.92. The first-order valence-electron chi connectivity index (χ1n) is 7.97. The number of aromatic nitrogens is 2. The van der Waals surface area contributed by atoms with Gasteiger partial charge in [0, 0.05) is 0 Å². The summed E-state index contributed by atoms with van der Waals surface area (Å²) in [7, 11) is 0. The number of pyridine rings is 1. The molecule has 1 aromatic carbocycles. The number of hydrogen-bond donors (Lipinski definition) is 0. The quantitative estimate of drug-likeness (QED) is 0.453. The summed E-state index contributed by atoms with van der Waals surface area (Å²) in [5, 5.41) is 0.630. The Labute approximate surface area is 139 Å². The molecule has 0 spiro atoms. The van der Waals surface area contributed by atoms with E-state index in [1.807, 2.05) is 51.1 Å². The van der Waals surface area contributed by atoms with Gasteiger partial charge in [0.2, 0.25) is 0 Å². The Balaban J connectivity index is 2.35. The SMILES string of the molecule is Cc1bc(C)c2n(F)c3c(C)n(F)c(C)c3c(-c3ccccc3)c1-2. The van der Waals surface area contributed by atoms with Gasteiger partial charge in [0.1, 0.15) is 0 Å². The molecule has 0 saturated heterocycles. The summed E-state index contributed by atoms with van der Waals surface area (Å²) in [6.45, 7) is 9.15. The molecule has 5 heteroatoms. The molecule has 2 aliphatic heterocycles. The summed E-state index contributed by atoms with van der Waals surface area (Å²) in [5.41, 5.74) is 6.10. The van der Waals surface area contributed by atoms with Crippen LogP contribution in [0.15, 0.2) is 30.3 Å². The van der Waals surface area contributed by atoms with Gasteiger partial charge in [0.15, 0.2) is 0 Å². The molecule has 0 N–H and O–H groups in total. The van der Waals surface area contributed by atoms with Gasteiger partial charge in [-0.15, -0.1) is 0 Å². The summed E-state index contributed by atoms with van der Waals surface area (Å²) in [6.07, 6.45) is 0. The fraction of sp³-hybridized carbons (Fsp3) is 0.211. The molecule has 2 aromatic rings. The molecule has 0 bridgehead atoms. The van der Waals surface area contributed by atoms with Crippen molar-refractivity contribution in [2.45, 2.75) is 27.7 Å². The standard InChI is InChI=1S/C19H17BF2N2/c1-10-15-17(14-8-6-5-7-9-14)16-12(3)23(21)13(4)19(16)24(22)18(15)11(2)20-10/h5-9H,1-4H3. The Morgan fingerprint density at radius 2 is 1.46 bits per heavy atom. The average molecular weight is 322 g/mol. The summed E-state index contributed by atoms with van der Waals surface area (Å²) >= 11 is 0. The molecule has 4 rings (SSSR count). The molecule has 0 atom stereocenters. The number of rotatable bonds is 1. The van der Waals surface area contributed by atoms with Crippen molar-refractivity contribution >= 4 is 17.8 Å². The zero-order chi connectivity index (χ0) is 17.2. The molecule has 0 radical (unpaired) electrons. The normalized spacial score (nSPS) is 11.6. The van der Waals surface area contributed by atoms with Gasteiger partial charge in [-0.25, -0.2) is 0 Å². The molecule has 0 fully saturated rings.